The van der Waals surface area contributed by atoms with Gasteiger partial charge in [0, 0.05) is 31.9 Å². The molecule has 5 heteroatoms. The van der Waals surface area contributed by atoms with Gasteiger partial charge in [0.15, 0.2) is 0 Å². The van der Waals surface area contributed by atoms with Gasteiger partial charge in [0.1, 0.15) is 5.75 Å². The minimum absolute atomic E-state index is 0.109. The number of rotatable bonds is 4. The average molecular weight is 311 g/mol. The molecule has 0 saturated heterocycles. The molecule has 0 bridgehead atoms. The molecule has 0 radical (unpaired) electrons. The third-order valence-electron chi connectivity index (χ3n) is 2.98. The van der Waals surface area contributed by atoms with Crippen LogP contribution in [-0.2, 0) is 6.54 Å². The monoisotopic (exact) mass is 310 g/mol. The van der Waals surface area contributed by atoms with E-state index in [1.54, 1.807) is 12.1 Å². The number of phenols is 1. The van der Waals surface area contributed by atoms with E-state index in [4.69, 9.17) is 23.2 Å². The summed E-state index contributed by atoms with van der Waals surface area (Å²) in [7, 11) is 3.89. The molecule has 0 heterocycles. The number of halogens is 2. The van der Waals surface area contributed by atoms with Crippen LogP contribution in [0.5, 0.6) is 5.75 Å². The standard InChI is InChI=1S/C15H16Cl2N2O/c1-19(2)14-7-6-11(8-13(14)17)18-9-10-4-3-5-12(16)15(10)20/h3-8,18,20H,9H2,1-2H3. The second kappa shape index (κ2) is 6.25. The first-order chi connectivity index (χ1) is 9.49. The number of nitrogens with one attached hydrogen (secondary N) is 1. The molecular weight excluding hydrogens is 295 g/mol. The third-order valence-corrected chi connectivity index (χ3v) is 3.59. The van der Waals surface area contributed by atoms with E-state index in [0.29, 0.717) is 16.6 Å². The highest BCUT2D eigenvalue weighted by atomic mass is 35.5. The Balaban J connectivity index is 2.11. The summed E-state index contributed by atoms with van der Waals surface area (Å²) in [5.74, 6) is 0.109. The maximum atomic E-state index is 9.84. The van der Waals surface area contributed by atoms with Crippen LogP contribution in [0, 0.1) is 0 Å². The Bertz CT molecular complexity index is 615. The molecule has 2 aromatic rings. The molecule has 3 nitrogen and oxygen atoms in total. The molecule has 2 aromatic carbocycles. The number of nitrogens with zero attached hydrogens (tertiary/aromatic N) is 1. The summed E-state index contributed by atoms with van der Waals surface area (Å²) in [6.45, 7) is 0.476. The van der Waals surface area contributed by atoms with Gasteiger partial charge >= 0.3 is 0 Å². The van der Waals surface area contributed by atoms with Gasteiger partial charge in [0.2, 0.25) is 0 Å². The molecular formula is C15H16Cl2N2O. The van der Waals surface area contributed by atoms with Crippen LogP contribution in [0.2, 0.25) is 10.0 Å². The molecule has 20 heavy (non-hydrogen) atoms. The van der Waals surface area contributed by atoms with Crippen LogP contribution in [0.3, 0.4) is 0 Å². The van der Waals surface area contributed by atoms with Gasteiger partial charge < -0.3 is 15.3 Å². The van der Waals surface area contributed by atoms with Gasteiger partial charge in [0.05, 0.1) is 15.7 Å². The summed E-state index contributed by atoms with van der Waals surface area (Å²) in [5.41, 5.74) is 2.59. The van der Waals surface area contributed by atoms with E-state index in [1.165, 1.54) is 0 Å². The largest absolute Gasteiger partial charge is 0.506 e. The van der Waals surface area contributed by atoms with Gasteiger partial charge in [-0.2, -0.15) is 0 Å². The first-order valence-corrected chi connectivity index (χ1v) is 6.91. The van der Waals surface area contributed by atoms with Gasteiger partial charge in [-0.15, -0.1) is 0 Å². The van der Waals surface area contributed by atoms with E-state index in [2.05, 4.69) is 5.32 Å². The number of benzene rings is 2. The lowest BCUT2D eigenvalue weighted by Crippen LogP contribution is -2.09. The zero-order valence-corrected chi connectivity index (χ0v) is 12.8. The molecule has 0 unspecified atom stereocenters. The molecule has 0 aliphatic carbocycles. The van der Waals surface area contributed by atoms with Crippen LogP contribution in [0.4, 0.5) is 11.4 Å². The fraction of sp³-hybridized carbons (Fsp3) is 0.200. The lowest BCUT2D eigenvalue weighted by molar-refractivity contribution is 0.469. The number of phenolic OH excluding ortho intramolecular Hbond substituents is 1. The Morgan fingerprint density at radius 1 is 1.10 bits per heavy atom. The van der Waals surface area contributed by atoms with Gasteiger partial charge in [-0.25, -0.2) is 0 Å². The first kappa shape index (κ1) is 14.8. The molecule has 2 N–H and O–H groups in total. The second-order valence-electron chi connectivity index (χ2n) is 4.66. The van der Waals surface area contributed by atoms with Crippen molar-refractivity contribution in [3.63, 3.8) is 0 Å². The van der Waals surface area contributed by atoms with Crippen LogP contribution in [0.25, 0.3) is 0 Å². The topological polar surface area (TPSA) is 35.5 Å². The molecule has 0 saturated carbocycles. The average Bonchev–Trinajstić information content (AvgIpc) is 2.40. The summed E-state index contributed by atoms with van der Waals surface area (Å²) in [6, 6.07) is 11.0. The molecule has 106 valence electrons. The van der Waals surface area contributed by atoms with Crippen molar-refractivity contribution in [2.24, 2.45) is 0 Å². The third kappa shape index (κ3) is 3.30. The highest BCUT2D eigenvalue weighted by molar-refractivity contribution is 6.33. The van der Waals surface area contributed by atoms with Gasteiger partial charge in [-0.1, -0.05) is 35.3 Å². The first-order valence-electron chi connectivity index (χ1n) is 6.16. The van der Waals surface area contributed by atoms with Gasteiger partial charge in [-0.3, -0.25) is 0 Å². The van der Waals surface area contributed by atoms with Crippen molar-refractivity contribution in [2.75, 3.05) is 24.3 Å². The summed E-state index contributed by atoms with van der Waals surface area (Å²) in [6.07, 6.45) is 0. The fourth-order valence-corrected chi connectivity index (χ4v) is 2.42. The zero-order chi connectivity index (χ0) is 14.7. The highest BCUT2D eigenvalue weighted by Gasteiger charge is 2.06. The van der Waals surface area contributed by atoms with Crippen molar-refractivity contribution in [1.82, 2.24) is 0 Å². The fourth-order valence-electron chi connectivity index (χ4n) is 1.88. The van der Waals surface area contributed by atoms with Crippen molar-refractivity contribution in [2.45, 2.75) is 6.54 Å². The SMILES string of the molecule is CN(C)c1ccc(NCc2cccc(Cl)c2O)cc1Cl. The highest BCUT2D eigenvalue weighted by Crippen LogP contribution is 2.30. The molecule has 2 rings (SSSR count). The van der Waals surface area contributed by atoms with Crippen molar-refractivity contribution in [3.8, 4) is 5.75 Å². The Morgan fingerprint density at radius 2 is 1.85 bits per heavy atom. The van der Waals surface area contributed by atoms with E-state index in [9.17, 15) is 5.11 Å². The van der Waals surface area contributed by atoms with Crippen molar-refractivity contribution < 1.29 is 5.11 Å². The molecule has 0 aliphatic heterocycles. The number of para-hydroxylation sites is 1. The maximum Gasteiger partial charge on any atom is 0.139 e. The Hall–Kier alpha value is -1.58. The van der Waals surface area contributed by atoms with E-state index >= 15 is 0 Å². The van der Waals surface area contributed by atoms with Crippen molar-refractivity contribution in [1.29, 1.82) is 0 Å². The van der Waals surface area contributed by atoms with Crippen molar-refractivity contribution >= 4 is 34.6 Å². The van der Waals surface area contributed by atoms with Crippen LogP contribution in [0.15, 0.2) is 36.4 Å². The summed E-state index contributed by atoms with van der Waals surface area (Å²) < 4.78 is 0. The normalized spacial score (nSPS) is 10.4. The second-order valence-corrected chi connectivity index (χ2v) is 5.48. The smallest absolute Gasteiger partial charge is 0.139 e. The van der Waals surface area contributed by atoms with E-state index in [0.717, 1.165) is 16.9 Å². The van der Waals surface area contributed by atoms with Crippen LogP contribution in [-0.4, -0.2) is 19.2 Å². The molecule has 0 aliphatic rings. The predicted molar refractivity (Wildman–Crippen MR) is 86.2 cm³/mol. The van der Waals surface area contributed by atoms with E-state index in [1.807, 2.05) is 43.3 Å². The van der Waals surface area contributed by atoms with Crippen molar-refractivity contribution in [3.05, 3.63) is 52.0 Å². The minimum atomic E-state index is 0.109. The number of aromatic hydroxyl groups is 1. The zero-order valence-electron chi connectivity index (χ0n) is 11.3. The number of hydrogen-bond acceptors (Lipinski definition) is 3. The predicted octanol–water partition coefficient (Wildman–Crippen LogP) is 4.38. The summed E-state index contributed by atoms with van der Waals surface area (Å²) in [4.78, 5) is 1.95. The van der Waals surface area contributed by atoms with E-state index < -0.39 is 0 Å². The number of anilines is 2. The molecule has 0 spiro atoms. The number of hydrogen-bond donors (Lipinski definition) is 2. The Kier molecular flexibility index (Phi) is 4.63. The summed E-state index contributed by atoms with van der Waals surface area (Å²) in [5, 5.41) is 14.1. The maximum absolute atomic E-state index is 9.84. The van der Waals surface area contributed by atoms with E-state index in [-0.39, 0.29) is 5.75 Å². The molecule has 0 amide bonds. The van der Waals surface area contributed by atoms with Gasteiger partial charge in [0.25, 0.3) is 0 Å². The van der Waals surface area contributed by atoms with Gasteiger partial charge in [-0.05, 0) is 24.3 Å². The molecule has 0 aromatic heterocycles. The Labute approximate surface area is 128 Å². The lowest BCUT2D eigenvalue weighted by atomic mass is 10.2. The lowest BCUT2D eigenvalue weighted by Gasteiger charge is -2.16. The molecule has 0 fully saturated rings. The van der Waals surface area contributed by atoms with Crippen LogP contribution < -0.4 is 10.2 Å². The minimum Gasteiger partial charge on any atom is -0.506 e. The van der Waals surface area contributed by atoms with Crippen LogP contribution in [0.1, 0.15) is 5.56 Å². The Morgan fingerprint density at radius 3 is 2.50 bits per heavy atom. The van der Waals surface area contributed by atoms with Crippen LogP contribution >= 0.6 is 23.2 Å². The molecule has 0 atom stereocenters. The summed E-state index contributed by atoms with van der Waals surface area (Å²) >= 11 is 12.1. The quantitative estimate of drug-likeness (QED) is 0.880.